The van der Waals surface area contributed by atoms with Crippen molar-refractivity contribution in [3.63, 3.8) is 0 Å². The molecule has 0 amide bonds. The van der Waals surface area contributed by atoms with Gasteiger partial charge in [-0.25, -0.2) is 4.99 Å². The number of hydrogen-bond donors (Lipinski definition) is 4. The van der Waals surface area contributed by atoms with Gasteiger partial charge in [-0.15, -0.1) is 0 Å². The van der Waals surface area contributed by atoms with Gasteiger partial charge >= 0.3 is 6.18 Å². The fourth-order valence-electron chi connectivity index (χ4n) is 2.77. The van der Waals surface area contributed by atoms with Gasteiger partial charge in [-0.1, -0.05) is 19.3 Å². The van der Waals surface area contributed by atoms with Crippen molar-refractivity contribution in [1.82, 2.24) is 15.5 Å². The molecule has 0 saturated heterocycles. The maximum Gasteiger partial charge on any atom is 0.432 e. The van der Waals surface area contributed by atoms with Crippen molar-refractivity contribution >= 4 is 11.8 Å². The summed E-state index contributed by atoms with van der Waals surface area (Å²) in [4.78, 5) is 4.27. The van der Waals surface area contributed by atoms with E-state index in [1.54, 1.807) is 0 Å². The average molecular weight is 361 g/mol. The number of nitrogens with zero attached hydrogens (tertiary/aromatic N) is 2. The molecular weight excluding hydrogens is 335 g/mol. The highest BCUT2D eigenvalue weighted by Gasteiger charge is 2.33. The van der Waals surface area contributed by atoms with Crippen LogP contribution >= 0.6 is 0 Å². The number of aromatic nitrogens is 2. The first-order chi connectivity index (χ1) is 11.5. The number of H-pyrrole nitrogens is 1. The lowest BCUT2D eigenvalue weighted by Crippen LogP contribution is -2.45. The quantitative estimate of drug-likeness (QED) is 0.490. The number of aliphatic hydroxyl groups excluding tert-OH is 1. The summed E-state index contributed by atoms with van der Waals surface area (Å²) in [6.07, 6.45) is -0.335. The lowest BCUT2D eigenvalue weighted by Gasteiger charge is -2.27. The highest BCUT2D eigenvalue weighted by atomic mass is 19.4. The monoisotopic (exact) mass is 361 g/mol. The van der Waals surface area contributed by atoms with Gasteiger partial charge < -0.3 is 15.7 Å². The number of rotatable bonds is 3. The summed E-state index contributed by atoms with van der Waals surface area (Å²) in [5.74, 6) is 0.252. The first kappa shape index (κ1) is 19.6. The van der Waals surface area contributed by atoms with Crippen LogP contribution in [0.4, 0.5) is 19.0 Å². The second-order valence-corrected chi connectivity index (χ2v) is 7.45. The molecule has 9 heteroatoms. The zero-order valence-electron chi connectivity index (χ0n) is 14.7. The molecule has 1 atom stereocenters. The molecule has 0 spiro atoms. The summed E-state index contributed by atoms with van der Waals surface area (Å²) in [7, 11) is 0. The number of halogens is 3. The first-order valence-electron chi connectivity index (χ1n) is 8.48. The molecule has 1 heterocycles. The lowest BCUT2D eigenvalue weighted by atomic mass is 9.88. The Morgan fingerprint density at radius 2 is 1.92 bits per heavy atom. The molecule has 0 aliphatic heterocycles. The van der Waals surface area contributed by atoms with Crippen LogP contribution in [0.25, 0.3) is 0 Å². The predicted octanol–water partition coefficient (Wildman–Crippen LogP) is 3.48. The Morgan fingerprint density at radius 1 is 1.28 bits per heavy atom. The molecule has 1 fully saturated rings. The second-order valence-electron chi connectivity index (χ2n) is 7.45. The van der Waals surface area contributed by atoms with Gasteiger partial charge in [0.15, 0.2) is 18.0 Å². The van der Waals surface area contributed by atoms with Crippen LogP contribution in [0.1, 0.15) is 58.6 Å². The zero-order valence-corrected chi connectivity index (χ0v) is 14.7. The van der Waals surface area contributed by atoms with Crippen molar-refractivity contribution in [2.45, 2.75) is 70.8 Å². The minimum atomic E-state index is -4.50. The van der Waals surface area contributed by atoms with Crippen LogP contribution in [0.15, 0.2) is 11.1 Å². The maximum absolute atomic E-state index is 12.7. The van der Waals surface area contributed by atoms with E-state index < -0.39 is 18.1 Å². The van der Waals surface area contributed by atoms with Gasteiger partial charge in [-0.2, -0.15) is 18.3 Å². The van der Waals surface area contributed by atoms with Crippen molar-refractivity contribution in [2.24, 2.45) is 10.9 Å². The highest BCUT2D eigenvalue weighted by molar-refractivity contribution is 5.93. The number of aliphatic hydroxyl groups is 1. The third-order valence-electron chi connectivity index (χ3n) is 3.96. The Labute approximate surface area is 145 Å². The Kier molecular flexibility index (Phi) is 5.97. The van der Waals surface area contributed by atoms with Crippen LogP contribution in [-0.2, 0) is 6.18 Å². The summed E-state index contributed by atoms with van der Waals surface area (Å²) in [6.45, 7) is 5.68. The van der Waals surface area contributed by atoms with Gasteiger partial charge in [0, 0.05) is 17.5 Å². The van der Waals surface area contributed by atoms with Gasteiger partial charge in [-0.05, 0) is 33.6 Å². The lowest BCUT2D eigenvalue weighted by molar-refractivity contribution is -0.141. The molecule has 1 aromatic heterocycles. The number of aromatic amines is 1. The molecule has 25 heavy (non-hydrogen) atoms. The molecule has 0 bridgehead atoms. The van der Waals surface area contributed by atoms with E-state index >= 15 is 0 Å². The molecule has 4 N–H and O–H groups in total. The predicted molar refractivity (Wildman–Crippen MR) is 90.1 cm³/mol. The Bertz CT molecular complexity index is 585. The van der Waals surface area contributed by atoms with Gasteiger partial charge in [-0.3, -0.25) is 5.10 Å². The minimum Gasteiger partial charge on any atom is -0.371 e. The standard InChI is InChI=1S/C16H26F3N5O/c1-15(2,3)22-14(21-13(25)10-7-5-4-6-8-10)20-12-9-11(23-24-12)16(17,18)19/h9-10,13,25H,4-8H2,1-3H3,(H3,20,21,22,23,24). The van der Waals surface area contributed by atoms with Gasteiger partial charge in [0.05, 0.1) is 0 Å². The third kappa shape index (κ3) is 6.22. The van der Waals surface area contributed by atoms with Crippen molar-refractivity contribution in [1.29, 1.82) is 0 Å². The van der Waals surface area contributed by atoms with Crippen LogP contribution in [0.3, 0.4) is 0 Å². The summed E-state index contributed by atoms with van der Waals surface area (Å²) in [6, 6.07) is 0.868. The SMILES string of the molecule is CC(C)(C)N/C(=N/C(O)C1CCCCC1)Nc1cc(C(F)(F)F)[nH]n1. The van der Waals surface area contributed by atoms with E-state index in [4.69, 9.17) is 0 Å². The molecule has 0 radical (unpaired) electrons. The highest BCUT2D eigenvalue weighted by Crippen LogP contribution is 2.29. The fraction of sp³-hybridized carbons (Fsp3) is 0.750. The summed E-state index contributed by atoms with van der Waals surface area (Å²) >= 11 is 0. The number of anilines is 1. The molecule has 1 saturated carbocycles. The first-order valence-corrected chi connectivity index (χ1v) is 8.48. The van der Waals surface area contributed by atoms with Crippen LogP contribution in [0, 0.1) is 5.92 Å². The molecule has 1 unspecified atom stereocenters. The van der Waals surface area contributed by atoms with E-state index in [9.17, 15) is 18.3 Å². The van der Waals surface area contributed by atoms with E-state index in [0.717, 1.165) is 38.2 Å². The summed E-state index contributed by atoms with van der Waals surface area (Å²) in [5.41, 5.74) is -1.33. The van der Waals surface area contributed by atoms with Crippen molar-refractivity contribution in [3.8, 4) is 0 Å². The van der Waals surface area contributed by atoms with Crippen molar-refractivity contribution in [2.75, 3.05) is 5.32 Å². The Balaban J connectivity index is 2.14. The molecule has 6 nitrogen and oxygen atoms in total. The molecule has 2 rings (SSSR count). The van der Waals surface area contributed by atoms with Gasteiger partial charge in [0.1, 0.15) is 5.69 Å². The van der Waals surface area contributed by atoms with E-state index in [2.05, 4.69) is 20.7 Å². The fourth-order valence-corrected chi connectivity index (χ4v) is 2.77. The summed E-state index contributed by atoms with van der Waals surface area (Å²) < 4.78 is 38.0. The normalized spacial score (nSPS) is 18.9. The molecule has 1 aromatic rings. The minimum absolute atomic E-state index is 0.0151. The molecule has 1 aliphatic rings. The smallest absolute Gasteiger partial charge is 0.371 e. The van der Waals surface area contributed by atoms with Crippen molar-refractivity contribution in [3.05, 3.63) is 11.8 Å². The topological polar surface area (TPSA) is 85.3 Å². The van der Waals surface area contributed by atoms with Crippen LogP contribution in [-0.4, -0.2) is 33.0 Å². The van der Waals surface area contributed by atoms with E-state index in [0.29, 0.717) is 0 Å². The third-order valence-corrected chi connectivity index (χ3v) is 3.96. The molecule has 0 aromatic carbocycles. The zero-order chi connectivity index (χ0) is 18.7. The second kappa shape index (κ2) is 7.63. The Hall–Kier alpha value is -1.77. The average Bonchev–Trinajstić information content (AvgIpc) is 2.95. The number of alkyl halides is 3. The van der Waals surface area contributed by atoms with Crippen molar-refractivity contribution < 1.29 is 18.3 Å². The number of aliphatic imine (C=N–C) groups is 1. The van der Waals surface area contributed by atoms with E-state index in [-0.39, 0.29) is 23.2 Å². The largest absolute Gasteiger partial charge is 0.432 e. The van der Waals surface area contributed by atoms with E-state index in [1.807, 2.05) is 25.9 Å². The van der Waals surface area contributed by atoms with Crippen LogP contribution in [0.5, 0.6) is 0 Å². The van der Waals surface area contributed by atoms with Gasteiger partial charge in [0.25, 0.3) is 0 Å². The Morgan fingerprint density at radius 3 is 2.44 bits per heavy atom. The van der Waals surface area contributed by atoms with Crippen LogP contribution < -0.4 is 10.6 Å². The van der Waals surface area contributed by atoms with Gasteiger partial charge in [0.2, 0.25) is 0 Å². The maximum atomic E-state index is 12.7. The van der Waals surface area contributed by atoms with E-state index in [1.165, 1.54) is 0 Å². The summed E-state index contributed by atoms with van der Waals surface area (Å²) in [5, 5.41) is 21.7. The van der Waals surface area contributed by atoms with Crippen LogP contribution in [0.2, 0.25) is 0 Å². The number of guanidine groups is 1. The molecule has 1 aliphatic carbocycles. The number of hydrogen-bond acceptors (Lipinski definition) is 3. The molecule has 142 valence electrons. The molecular formula is C16H26F3N5O. The number of nitrogens with one attached hydrogen (secondary N) is 3.